The van der Waals surface area contributed by atoms with Crippen LogP contribution in [0.1, 0.15) is 26.2 Å². The minimum Gasteiger partial charge on any atom is -0.393 e. The van der Waals surface area contributed by atoms with Gasteiger partial charge in [0.25, 0.3) is 0 Å². The maximum absolute atomic E-state index is 9.02. The van der Waals surface area contributed by atoms with E-state index in [1.807, 2.05) is 6.92 Å². The molecule has 0 aliphatic heterocycles. The smallest absolute Gasteiger partial charge is 0.0512 e. The molecule has 78 valence electrons. The van der Waals surface area contributed by atoms with Gasteiger partial charge in [-0.05, 0) is 32.2 Å². The van der Waals surface area contributed by atoms with Gasteiger partial charge in [0.05, 0.1) is 6.10 Å². The minimum absolute atomic E-state index is 0.134. The largest absolute Gasteiger partial charge is 0.393 e. The van der Waals surface area contributed by atoms with E-state index >= 15 is 0 Å². The van der Waals surface area contributed by atoms with Crippen LogP contribution >= 0.6 is 0 Å². The Morgan fingerprint density at radius 3 is 2.31 bits per heavy atom. The molecule has 0 aromatic heterocycles. The van der Waals surface area contributed by atoms with E-state index in [4.69, 9.17) is 5.11 Å². The fourth-order valence-corrected chi connectivity index (χ4v) is 1.96. The number of aliphatic hydroxyl groups excluding tert-OH is 1. The number of rotatable bonds is 6. The molecule has 0 bridgehead atoms. The Hall–Kier alpha value is -0.0831. The van der Waals surface area contributed by atoms with Gasteiger partial charge >= 0.3 is 0 Å². The van der Waals surface area contributed by atoms with E-state index in [0.717, 1.165) is 19.3 Å². The van der Waals surface area contributed by atoms with Crippen molar-refractivity contribution in [3.63, 3.8) is 0 Å². The summed E-state index contributed by atoms with van der Waals surface area (Å²) in [6.45, 7) is 9.00. The Kier molecular flexibility index (Phi) is 6.34. The first-order valence-electron chi connectivity index (χ1n) is 5.25. The maximum atomic E-state index is 9.02. The van der Waals surface area contributed by atoms with Crippen molar-refractivity contribution < 1.29 is 5.11 Å². The topological polar surface area (TPSA) is 20.2 Å². The first-order chi connectivity index (χ1) is 5.92. The zero-order valence-corrected chi connectivity index (χ0v) is 10.5. The summed E-state index contributed by atoms with van der Waals surface area (Å²) in [6.07, 6.45) is 7.60. The molecule has 2 heteroatoms. The number of aliphatic hydroxyl groups is 1. The molecule has 0 radical (unpaired) electrons. The molecule has 0 aliphatic rings. The maximum Gasteiger partial charge on any atom is 0.0512 e. The summed E-state index contributed by atoms with van der Waals surface area (Å²) in [4.78, 5) is 0. The highest BCUT2D eigenvalue weighted by Gasteiger charge is 2.08. The summed E-state index contributed by atoms with van der Waals surface area (Å²) >= 11 is 0. The van der Waals surface area contributed by atoms with Crippen LogP contribution in [0, 0.1) is 0 Å². The molecule has 0 aromatic rings. The second-order valence-corrected chi connectivity index (χ2v) is 10.5. The standard InChI is InChI=1S/C11H24OSi/c1-11(12)9-7-5-6-8-10-13(2,3)4/h6,8,11-12H,5,7,9-10H2,1-4H3/b8-6-/t11-/m1/s1. The molecule has 0 heterocycles. The molecule has 1 atom stereocenters. The quantitative estimate of drug-likeness (QED) is 0.396. The van der Waals surface area contributed by atoms with Crippen LogP contribution in [0.25, 0.3) is 0 Å². The van der Waals surface area contributed by atoms with Crippen molar-refractivity contribution in [2.75, 3.05) is 0 Å². The van der Waals surface area contributed by atoms with Gasteiger partial charge in [0.15, 0.2) is 0 Å². The lowest BCUT2D eigenvalue weighted by Crippen LogP contribution is -2.17. The Balaban J connectivity index is 3.33. The average Bonchev–Trinajstić information content (AvgIpc) is 1.93. The molecule has 1 N–H and O–H groups in total. The van der Waals surface area contributed by atoms with Gasteiger partial charge in [0.1, 0.15) is 0 Å². The third-order valence-corrected chi connectivity index (χ3v) is 3.35. The van der Waals surface area contributed by atoms with Gasteiger partial charge in [-0.1, -0.05) is 31.8 Å². The van der Waals surface area contributed by atoms with Gasteiger partial charge in [-0.3, -0.25) is 0 Å². The zero-order valence-electron chi connectivity index (χ0n) is 9.51. The lowest BCUT2D eigenvalue weighted by molar-refractivity contribution is 0.182. The molecule has 0 saturated carbocycles. The first kappa shape index (κ1) is 12.9. The van der Waals surface area contributed by atoms with Gasteiger partial charge in [-0.2, -0.15) is 0 Å². The van der Waals surface area contributed by atoms with Crippen molar-refractivity contribution in [2.24, 2.45) is 0 Å². The first-order valence-corrected chi connectivity index (χ1v) is 8.95. The predicted molar refractivity (Wildman–Crippen MR) is 62.8 cm³/mol. The van der Waals surface area contributed by atoms with E-state index in [2.05, 4.69) is 31.8 Å². The number of hydrogen-bond acceptors (Lipinski definition) is 1. The Labute approximate surface area is 83.9 Å². The highest BCUT2D eigenvalue weighted by molar-refractivity contribution is 6.76. The van der Waals surface area contributed by atoms with E-state index in [0.29, 0.717) is 0 Å². The van der Waals surface area contributed by atoms with E-state index in [-0.39, 0.29) is 6.10 Å². The van der Waals surface area contributed by atoms with Crippen LogP contribution in [0.3, 0.4) is 0 Å². The van der Waals surface area contributed by atoms with Crippen LogP contribution < -0.4 is 0 Å². The van der Waals surface area contributed by atoms with E-state index in [9.17, 15) is 0 Å². The van der Waals surface area contributed by atoms with Crippen molar-refractivity contribution in [3.8, 4) is 0 Å². The second-order valence-electron chi connectivity index (χ2n) is 5.02. The average molecular weight is 200 g/mol. The fraction of sp³-hybridized carbons (Fsp3) is 0.818. The predicted octanol–water partition coefficient (Wildman–Crippen LogP) is 3.43. The van der Waals surface area contributed by atoms with Crippen LogP contribution in [0.15, 0.2) is 12.2 Å². The van der Waals surface area contributed by atoms with Crippen LogP contribution in [0.2, 0.25) is 25.7 Å². The summed E-state index contributed by atoms with van der Waals surface area (Å²) in [6, 6.07) is 1.28. The minimum atomic E-state index is -0.875. The molecule has 0 aromatic carbocycles. The molecular formula is C11H24OSi. The molecule has 0 amide bonds. The number of hydrogen-bond donors (Lipinski definition) is 1. The Bertz CT molecular complexity index is 145. The van der Waals surface area contributed by atoms with Crippen molar-refractivity contribution in [3.05, 3.63) is 12.2 Å². The summed E-state index contributed by atoms with van der Waals surface area (Å²) in [5.41, 5.74) is 0. The molecule has 0 unspecified atom stereocenters. The Morgan fingerprint density at radius 1 is 1.23 bits per heavy atom. The molecule has 0 saturated heterocycles. The molecule has 0 spiro atoms. The third kappa shape index (κ3) is 11.9. The molecule has 13 heavy (non-hydrogen) atoms. The zero-order chi connectivity index (χ0) is 10.3. The van der Waals surface area contributed by atoms with E-state index in [1.54, 1.807) is 0 Å². The van der Waals surface area contributed by atoms with Gasteiger partial charge in [-0.25, -0.2) is 0 Å². The normalized spacial score (nSPS) is 15.2. The van der Waals surface area contributed by atoms with Crippen LogP contribution in [0.4, 0.5) is 0 Å². The highest BCUT2D eigenvalue weighted by atomic mass is 28.3. The van der Waals surface area contributed by atoms with Gasteiger partial charge < -0.3 is 5.11 Å². The second kappa shape index (κ2) is 6.38. The molecule has 0 aliphatic carbocycles. The van der Waals surface area contributed by atoms with Crippen LogP contribution in [-0.2, 0) is 0 Å². The van der Waals surface area contributed by atoms with Gasteiger partial charge in [-0.15, -0.1) is 0 Å². The van der Waals surface area contributed by atoms with Crippen molar-refractivity contribution in [2.45, 2.75) is 58.0 Å². The summed E-state index contributed by atoms with van der Waals surface area (Å²) in [5, 5.41) is 9.02. The van der Waals surface area contributed by atoms with E-state index < -0.39 is 8.07 Å². The summed E-state index contributed by atoms with van der Waals surface area (Å²) < 4.78 is 0. The lowest BCUT2D eigenvalue weighted by atomic mass is 10.2. The summed E-state index contributed by atoms with van der Waals surface area (Å²) in [7, 11) is -0.875. The number of unbranched alkanes of at least 4 members (excludes halogenated alkanes) is 1. The third-order valence-electron chi connectivity index (χ3n) is 1.89. The Morgan fingerprint density at radius 2 is 1.85 bits per heavy atom. The van der Waals surface area contributed by atoms with E-state index in [1.165, 1.54) is 6.04 Å². The summed E-state index contributed by atoms with van der Waals surface area (Å²) in [5.74, 6) is 0. The highest BCUT2D eigenvalue weighted by Crippen LogP contribution is 2.09. The van der Waals surface area contributed by atoms with Crippen LogP contribution in [0.5, 0.6) is 0 Å². The molecule has 0 rings (SSSR count). The molecule has 1 nitrogen and oxygen atoms in total. The molecular weight excluding hydrogens is 176 g/mol. The van der Waals surface area contributed by atoms with Gasteiger partial charge in [0.2, 0.25) is 0 Å². The lowest BCUT2D eigenvalue weighted by Gasteiger charge is -2.11. The fourth-order valence-electron chi connectivity index (χ4n) is 1.09. The van der Waals surface area contributed by atoms with Crippen molar-refractivity contribution in [1.29, 1.82) is 0 Å². The SMILES string of the molecule is C[C@@H](O)CCC/C=C\C[Si](C)(C)C. The van der Waals surface area contributed by atoms with Crippen molar-refractivity contribution >= 4 is 8.07 Å². The monoisotopic (exact) mass is 200 g/mol. The van der Waals surface area contributed by atoms with Crippen LogP contribution in [-0.4, -0.2) is 19.3 Å². The number of allylic oxidation sites excluding steroid dienone is 2. The molecule has 0 fully saturated rings. The van der Waals surface area contributed by atoms with Crippen molar-refractivity contribution in [1.82, 2.24) is 0 Å². The van der Waals surface area contributed by atoms with Gasteiger partial charge in [0, 0.05) is 8.07 Å².